The Morgan fingerprint density at radius 1 is 1.16 bits per heavy atom. The minimum atomic E-state index is 0.179. The van der Waals surface area contributed by atoms with Gasteiger partial charge in [-0.25, -0.2) is 0 Å². The number of hydrogen-bond donors (Lipinski definition) is 0. The van der Waals surface area contributed by atoms with Crippen LogP contribution in [0.4, 0.5) is 0 Å². The number of fused-ring (bicyclic) bond motifs is 2. The van der Waals surface area contributed by atoms with Crippen LogP contribution in [0.25, 0.3) is 0 Å². The summed E-state index contributed by atoms with van der Waals surface area (Å²) in [5.41, 5.74) is 1.80. The first-order valence-electron chi connectivity index (χ1n) is 7.02. The van der Waals surface area contributed by atoms with Crippen LogP contribution in [0, 0.1) is 20.8 Å². The van der Waals surface area contributed by atoms with Crippen molar-refractivity contribution in [2.24, 2.45) is 0 Å². The van der Waals surface area contributed by atoms with E-state index < -0.39 is 0 Å². The zero-order chi connectivity index (χ0) is 13.7. The van der Waals surface area contributed by atoms with Gasteiger partial charge in [0.1, 0.15) is 11.5 Å². The summed E-state index contributed by atoms with van der Waals surface area (Å²) in [5, 5.41) is 0. The van der Waals surface area contributed by atoms with Crippen LogP contribution in [0.5, 0.6) is 0 Å². The molecule has 1 aromatic heterocycles. The molecule has 2 fully saturated rings. The number of aryl methyl sites for hydroxylation is 2. The molecule has 2 aliphatic rings. The van der Waals surface area contributed by atoms with Gasteiger partial charge in [0.15, 0.2) is 0 Å². The Labute approximate surface area is 122 Å². The van der Waals surface area contributed by atoms with Gasteiger partial charge in [0.25, 0.3) is 5.91 Å². The highest BCUT2D eigenvalue weighted by Gasteiger charge is 2.43. The average Bonchev–Trinajstić information content (AvgIpc) is 2.74. The van der Waals surface area contributed by atoms with Crippen molar-refractivity contribution in [3.8, 4) is 0 Å². The lowest BCUT2D eigenvalue weighted by atomic mass is 10.00. The maximum atomic E-state index is 12.9. The molecule has 0 N–H and O–H groups in total. The van der Waals surface area contributed by atoms with Gasteiger partial charge in [-0.05, 0) is 46.5 Å². The Bertz CT molecular complexity index is 508. The minimum absolute atomic E-state index is 0.179. The van der Waals surface area contributed by atoms with Crippen LogP contribution in [-0.4, -0.2) is 27.7 Å². The zero-order valence-electron chi connectivity index (χ0n) is 11.7. The van der Waals surface area contributed by atoms with Crippen LogP contribution in [-0.2, 0) is 0 Å². The molecule has 2 atom stereocenters. The SMILES string of the molecule is Cc1oc(C)c(C(=O)N2C3CCC2CC(Br)C3)c1C. The van der Waals surface area contributed by atoms with E-state index in [1.165, 1.54) is 0 Å². The summed E-state index contributed by atoms with van der Waals surface area (Å²) in [7, 11) is 0. The van der Waals surface area contributed by atoms with Gasteiger partial charge in [0.2, 0.25) is 0 Å². The molecule has 0 radical (unpaired) electrons. The lowest BCUT2D eigenvalue weighted by Gasteiger charge is -2.37. The quantitative estimate of drug-likeness (QED) is 0.737. The van der Waals surface area contributed by atoms with Crippen molar-refractivity contribution < 1.29 is 9.21 Å². The average molecular weight is 326 g/mol. The number of piperidine rings is 1. The van der Waals surface area contributed by atoms with Crippen LogP contribution in [0.15, 0.2) is 4.42 Å². The minimum Gasteiger partial charge on any atom is -0.466 e. The molecule has 0 aromatic carbocycles. The van der Waals surface area contributed by atoms with Gasteiger partial charge in [0, 0.05) is 22.5 Å². The summed E-state index contributed by atoms with van der Waals surface area (Å²) in [4.78, 5) is 15.6. The topological polar surface area (TPSA) is 33.5 Å². The number of carbonyl (C=O) groups is 1. The van der Waals surface area contributed by atoms with Crippen molar-refractivity contribution in [1.82, 2.24) is 4.90 Å². The number of rotatable bonds is 1. The fraction of sp³-hybridized carbons (Fsp3) is 0.667. The van der Waals surface area contributed by atoms with E-state index in [-0.39, 0.29) is 5.91 Å². The van der Waals surface area contributed by atoms with Gasteiger partial charge in [-0.1, -0.05) is 15.9 Å². The molecule has 2 saturated heterocycles. The Morgan fingerprint density at radius 2 is 1.74 bits per heavy atom. The molecule has 3 heterocycles. The smallest absolute Gasteiger partial charge is 0.258 e. The molecule has 0 spiro atoms. The Balaban J connectivity index is 1.93. The third-order valence-corrected chi connectivity index (χ3v) is 5.43. The summed E-state index contributed by atoms with van der Waals surface area (Å²) in [5.74, 6) is 1.81. The predicted molar refractivity (Wildman–Crippen MR) is 77.8 cm³/mol. The van der Waals surface area contributed by atoms with Crippen molar-refractivity contribution in [3.05, 3.63) is 22.6 Å². The summed E-state index contributed by atoms with van der Waals surface area (Å²) in [6.07, 6.45) is 4.45. The van der Waals surface area contributed by atoms with Crippen molar-refractivity contribution in [3.63, 3.8) is 0 Å². The Morgan fingerprint density at radius 3 is 2.21 bits per heavy atom. The van der Waals surface area contributed by atoms with Gasteiger partial charge in [0.05, 0.1) is 5.56 Å². The molecule has 1 aromatic rings. The van der Waals surface area contributed by atoms with Crippen LogP contribution >= 0.6 is 15.9 Å². The second-order valence-corrected chi connectivity index (χ2v) is 7.18. The monoisotopic (exact) mass is 325 g/mol. The first kappa shape index (κ1) is 13.2. The largest absolute Gasteiger partial charge is 0.466 e. The number of halogens is 1. The van der Waals surface area contributed by atoms with Gasteiger partial charge >= 0.3 is 0 Å². The molecule has 2 aliphatic heterocycles. The van der Waals surface area contributed by atoms with Crippen molar-refractivity contribution in [2.75, 3.05) is 0 Å². The van der Waals surface area contributed by atoms with E-state index in [0.29, 0.717) is 16.9 Å². The number of amides is 1. The molecule has 4 heteroatoms. The summed E-state index contributed by atoms with van der Waals surface area (Å²) >= 11 is 3.72. The summed E-state index contributed by atoms with van der Waals surface area (Å²) in [6, 6.07) is 0.814. The number of nitrogens with zero attached hydrogens (tertiary/aromatic N) is 1. The highest BCUT2D eigenvalue weighted by atomic mass is 79.9. The highest BCUT2D eigenvalue weighted by Crippen LogP contribution is 2.40. The fourth-order valence-corrected chi connectivity index (χ4v) is 4.54. The van der Waals surface area contributed by atoms with Crippen LogP contribution in [0.3, 0.4) is 0 Å². The number of hydrogen-bond acceptors (Lipinski definition) is 2. The van der Waals surface area contributed by atoms with E-state index in [4.69, 9.17) is 4.42 Å². The van der Waals surface area contributed by atoms with E-state index in [9.17, 15) is 4.79 Å². The molecule has 1 amide bonds. The lowest BCUT2D eigenvalue weighted by Crippen LogP contribution is -2.47. The second-order valence-electron chi connectivity index (χ2n) is 5.88. The number of carbonyl (C=O) groups excluding carboxylic acids is 1. The first-order chi connectivity index (χ1) is 8.99. The molecule has 0 aliphatic carbocycles. The van der Waals surface area contributed by atoms with Crippen LogP contribution < -0.4 is 0 Å². The van der Waals surface area contributed by atoms with Crippen molar-refractivity contribution in [2.45, 2.75) is 63.4 Å². The van der Waals surface area contributed by atoms with E-state index in [2.05, 4.69) is 20.8 Å². The summed E-state index contributed by atoms with van der Waals surface area (Å²) in [6.45, 7) is 5.81. The van der Waals surface area contributed by atoms with Crippen LogP contribution in [0.1, 0.15) is 53.1 Å². The highest BCUT2D eigenvalue weighted by molar-refractivity contribution is 9.09. The van der Waals surface area contributed by atoms with E-state index in [0.717, 1.165) is 48.3 Å². The first-order valence-corrected chi connectivity index (χ1v) is 7.94. The summed E-state index contributed by atoms with van der Waals surface area (Å²) < 4.78 is 5.61. The normalized spacial score (nSPS) is 29.9. The van der Waals surface area contributed by atoms with Crippen molar-refractivity contribution >= 4 is 21.8 Å². The maximum Gasteiger partial charge on any atom is 0.258 e. The molecule has 0 saturated carbocycles. The molecule has 2 unspecified atom stereocenters. The van der Waals surface area contributed by atoms with Crippen molar-refractivity contribution in [1.29, 1.82) is 0 Å². The van der Waals surface area contributed by atoms with Gasteiger partial charge in [-0.15, -0.1) is 0 Å². The van der Waals surface area contributed by atoms with Gasteiger partial charge < -0.3 is 9.32 Å². The van der Waals surface area contributed by atoms with E-state index >= 15 is 0 Å². The number of alkyl halides is 1. The maximum absolute atomic E-state index is 12.9. The van der Waals surface area contributed by atoms with E-state index in [1.54, 1.807) is 0 Å². The van der Waals surface area contributed by atoms with Crippen LogP contribution in [0.2, 0.25) is 0 Å². The zero-order valence-corrected chi connectivity index (χ0v) is 13.3. The molecule has 3 rings (SSSR count). The molecule has 19 heavy (non-hydrogen) atoms. The predicted octanol–water partition coefficient (Wildman–Crippen LogP) is 3.74. The third-order valence-electron chi connectivity index (χ3n) is 4.69. The standard InChI is InChI=1S/C15H20BrNO2/c1-8-9(2)19-10(3)14(8)15(18)17-12-4-5-13(17)7-11(16)6-12/h11-13H,4-7H2,1-3H3. The second kappa shape index (κ2) is 4.65. The van der Waals surface area contributed by atoms with E-state index in [1.807, 2.05) is 20.8 Å². The molecular weight excluding hydrogens is 306 g/mol. The number of furan rings is 1. The molecular formula is C15H20BrNO2. The lowest BCUT2D eigenvalue weighted by molar-refractivity contribution is 0.0601. The Kier molecular flexibility index (Phi) is 3.24. The van der Waals surface area contributed by atoms with Gasteiger partial charge in [-0.3, -0.25) is 4.79 Å². The van der Waals surface area contributed by atoms with Gasteiger partial charge in [-0.2, -0.15) is 0 Å². The molecule has 3 nitrogen and oxygen atoms in total. The third kappa shape index (κ3) is 2.04. The Hall–Kier alpha value is -0.770. The molecule has 104 valence electrons. The molecule has 2 bridgehead atoms. The fourth-order valence-electron chi connectivity index (χ4n) is 3.68.